The van der Waals surface area contributed by atoms with Crippen molar-refractivity contribution in [3.8, 4) is 5.69 Å². The maximum atomic E-state index is 13.2. The SMILES string of the molecule is CCCCCN(CC(=O)Nc1cc(C(C)(C)C)nn1-c1cccc(C)c1)C(=O)c1ccccc1. The zero-order valence-electron chi connectivity index (χ0n) is 21.0. The number of unbranched alkanes of at least 4 members (excludes halogenated alkanes) is 2. The molecule has 0 unspecified atom stereocenters. The molecule has 1 heterocycles. The zero-order chi connectivity index (χ0) is 24.7. The Morgan fingerprint density at radius 1 is 1.00 bits per heavy atom. The van der Waals surface area contributed by atoms with Gasteiger partial charge in [0.1, 0.15) is 12.4 Å². The van der Waals surface area contributed by atoms with E-state index in [2.05, 4.69) is 33.0 Å². The van der Waals surface area contributed by atoms with Crippen molar-refractivity contribution in [2.75, 3.05) is 18.4 Å². The molecule has 0 aliphatic carbocycles. The number of benzene rings is 2. The first-order chi connectivity index (χ1) is 16.2. The van der Waals surface area contributed by atoms with Crippen LogP contribution in [0.3, 0.4) is 0 Å². The Bertz CT molecular complexity index is 1110. The fourth-order valence-corrected chi connectivity index (χ4v) is 3.72. The predicted molar refractivity (Wildman–Crippen MR) is 138 cm³/mol. The van der Waals surface area contributed by atoms with Crippen LogP contribution in [0.1, 0.15) is 68.6 Å². The van der Waals surface area contributed by atoms with E-state index in [9.17, 15) is 9.59 Å². The van der Waals surface area contributed by atoms with Crippen LogP contribution in [0.5, 0.6) is 0 Å². The summed E-state index contributed by atoms with van der Waals surface area (Å²) in [5, 5.41) is 7.81. The average Bonchev–Trinajstić information content (AvgIpc) is 3.23. The van der Waals surface area contributed by atoms with Crippen molar-refractivity contribution >= 4 is 17.6 Å². The van der Waals surface area contributed by atoms with E-state index in [-0.39, 0.29) is 23.8 Å². The molecule has 0 fully saturated rings. The molecule has 0 radical (unpaired) electrons. The molecule has 0 aliphatic rings. The minimum absolute atomic E-state index is 0.0126. The van der Waals surface area contributed by atoms with Crippen LogP contribution in [-0.2, 0) is 10.2 Å². The van der Waals surface area contributed by atoms with E-state index in [4.69, 9.17) is 5.10 Å². The van der Waals surface area contributed by atoms with E-state index in [1.807, 2.05) is 55.5 Å². The number of carbonyl (C=O) groups is 2. The topological polar surface area (TPSA) is 67.2 Å². The number of nitrogens with one attached hydrogen (secondary N) is 1. The van der Waals surface area contributed by atoms with Crippen LogP contribution in [0, 0.1) is 6.92 Å². The zero-order valence-corrected chi connectivity index (χ0v) is 21.0. The molecule has 0 saturated heterocycles. The molecule has 0 spiro atoms. The molecule has 1 N–H and O–H groups in total. The summed E-state index contributed by atoms with van der Waals surface area (Å²) in [6.07, 6.45) is 2.91. The summed E-state index contributed by atoms with van der Waals surface area (Å²) in [7, 11) is 0. The lowest BCUT2D eigenvalue weighted by Gasteiger charge is -2.22. The number of hydrogen-bond donors (Lipinski definition) is 1. The fraction of sp³-hybridized carbons (Fsp3) is 0.393. The molecule has 2 amide bonds. The van der Waals surface area contributed by atoms with Crippen molar-refractivity contribution in [1.82, 2.24) is 14.7 Å². The highest BCUT2D eigenvalue weighted by Gasteiger charge is 2.23. The maximum absolute atomic E-state index is 13.2. The van der Waals surface area contributed by atoms with Crippen LogP contribution in [0.2, 0.25) is 0 Å². The van der Waals surface area contributed by atoms with Gasteiger partial charge >= 0.3 is 0 Å². The van der Waals surface area contributed by atoms with Crippen molar-refractivity contribution in [3.05, 3.63) is 77.5 Å². The van der Waals surface area contributed by atoms with Gasteiger partial charge in [0.15, 0.2) is 0 Å². The molecular weight excluding hydrogens is 424 g/mol. The quantitative estimate of drug-likeness (QED) is 0.414. The summed E-state index contributed by atoms with van der Waals surface area (Å²) < 4.78 is 1.77. The van der Waals surface area contributed by atoms with Crippen molar-refractivity contribution < 1.29 is 9.59 Å². The van der Waals surface area contributed by atoms with Gasteiger partial charge < -0.3 is 10.2 Å². The molecular formula is C28H36N4O2. The van der Waals surface area contributed by atoms with Crippen LogP contribution in [0.25, 0.3) is 5.69 Å². The molecule has 34 heavy (non-hydrogen) atoms. The van der Waals surface area contributed by atoms with E-state index in [1.54, 1.807) is 21.7 Å². The number of carbonyl (C=O) groups excluding carboxylic acids is 2. The van der Waals surface area contributed by atoms with Crippen molar-refractivity contribution in [2.24, 2.45) is 0 Å². The number of aryl methyl sites for hydroxylation is 1. The van der Waals surface area contributed by atoms with Crippen molar-refractivity contribution in [3.63, 3.8) is 0 Å². The van der Waals surface area contributed by atoms with E-state index < -0.39 is 0 Å². The Morgan fingerprint density at radius 2 is 1.74 bits per heavy atom. The number of amides is 2. The number of rotatable bonds is 9. The largest absolute Gasteiger partial charge is 0.329 e. The van der Waals surface area contributed by atoms with Gasteiger partial charge in [0.2, 0.25) is 5.91 Å². The van der Waals surface area contributed by atoms with E-state index >= 15 is 0 Å². The first-order valence-corrected chi connectivity index (χ1v) is 12.0. The van der Waals surface area contributed by atoms with E-state index in [1.165, 1.54) is 0 Å². The second-order valence-corrected chi connectivity index (χ2v) is 9.76. The number of nitrogens with zero attached hydrogens (tertiary/aromatic N) is 3. The minimum Gasteiger partial charge on any atom is -0.329 e. The minimum atomic E-state index is -0.241. The standard InChI is InChI=1S/C28H36N4O2/c1-6-7-11-17-31(27(34)22-14-9-8-10-15-22)20-26(33)29-25-19-24(28(3,4)5)30-32(25)23-16-12-13-21(2)18-23/h8-10,12-16,18-19H,6-7,11,17,20H2,1-5H3,(H,29,33). The number of anilines is 1. The lowest BCUT2D eigenvalue weighted by atomic mass is 9.92. The predicted octanol–water partition coefficient (Wildman–Crippen LogP) is 5.75. The van der Waals surface area contributed by atoms with Gasteiger partial charge in [-0.1, -0.05) is 70.9 Å². The monoisotopic (exact) mass is 460 g/mol. The molecule has 1 aromatic heterocycles. The summed E-state index contributed by atoms with van der Waals surface area (Å²) in [6, 6.07) is 19.1. The summed E-state index contributed by atoms with van der Waals surface area (Å²) >= 11 is 0. The second kappa shape index (κ2) is 11.1. The summed E-state index contributed by atoms with van der Waals surface area (Å²) in [4.78, 5) is 27.9. The molecule has 6 nitrogen and oxygen atoms in total. The van der Waals surface area contributed by atoms with Crippen LogP contribution < -0.4 is 5.32 Å². The molecule has 2 aromatic carbocycles. The normalized spacial score (nSPS) is 11.3. The summed E-state index contributed by atoms with van der Waals surface area (Å²) in [5.41, 5.74) is 3.28. The highest BCUT2D eigenvalue weighted by Crippen LogP contribution is 2.26. The highest BCUT2D eigenvalue weighted by atomic mass is 16.2. The van der Waals surface area contributed by atoms with Crippen molar-refractivity contribution in [2.45, 2.75) is 59.3 Å². The van der Waals surface area contributed by atoms with Gasteiger partial charge in [0.25, 0.3) is 5.91 Å². The second-order valence-electron chi connectivity index (χ2n) is 9.76. The molecule has 0 aliphatic heterocycles. The van der Waals surface area contributed by atoms with Gasteiger partial charge in [-0.2, -0.15) is 5.10 Å². The smallest absolute Gasteiger partial charge is 0.254 e. The van der Waals surface area contributed by atoms with Crippen molar-refractivity contribution in [1.29, 1.82) is 0 Å². The molecule has 0 atom stereocenters. The van der Waals surface area contributed by atoms with Gasteiger partial charge in [0.05, 0.1) is 11.4 Å². The lowest BCUT2D eigenvalue weighted by Crippen LogP contribution is -2.39. The Balaban J connectivity index is 1.84. The Kier molecular flexibility index (Phi) is 8.26. The summed E-state index contributed by atoms with van der Waals surface area (Å²) in [5.74, 6) is 0.227. The Morgan fingerprint density at radius 3 is 2.38 bits per heavy atom. The van der Waals surface area contributed by atoms with Crippen LogP contribution in [0.4, 0.5) is 5.82 Å². The van der Waals surface area contributed by atoms with Gasteiger partial charge in [-0.3, -0.25) is 9.59 Å². The van der Waals surface area contributed by atoms with Crippen LogP contribution >= 0.6 is 0 Å². The molecule has 0 bridgehead atoms. The van der Waals surface area contributed by atoms with Gasteiger partial charge in [-0.25, -0.2) is 4.68 Å². The van der Waals surface area contributed by atoms with Gasteiger partial charge in [0, 0.05) is 23.6 Å². The highest BCUT2D eigenvalue weighted by molar-refractivity contribution is 5.99. The molecule has 3 aromatic rings. The number of aromatic nitrogens is 2. The Labute approximate surface area is 203 Å². The molecule has 6 heteroatoms. The third kappa shape index (κ3) is 6.56. The molecule has 180 valence electrons. The third-order valence-corrected chi connectivity index (χ3v) is 5.67. The first-order valence-electron chi connectivity index (χ1n) is 12.0. The fourth-order valence-electron chi connectivity index (χ4n) is 3.72. The van der Waals surface area contributed by atoms with E-state index in [0.29, 0.717) is 17.9 Å². The average molecular weight is 461 g/mol. The lowest BCUT2D eigenvalue weighted by molar-refractivity contribution is -0.117. The van der Waals surface area contributed by atoms with Gasteiger partial charge in [-0.05, 0) is 43.2 Å². The maximum Gasteiger partial charge on any atom is 0.254 e. The van der Waals surface area contributed by atoms with Gasteiger partial charge in [-0.15, -0.1) is 0 Å². The van der Waals surface area contributed by atoms with Crippen LogP contribution in [-0.4, -0.2) is 39.6 Å². The number of hydrogen-bond acceptors (Lipinski definition) is 3. The van der Waals surface area contributed by atoms with Crippen LogP contribution in [0.15, 0.2) is 60.7 Å². The first kappa shape index (κ1) is 25.2. The summed E-state index contributed by atoms with van der Waals surface area (Å²) in [6.45, 7) is 11.0. The van der Waals surface area contributed by atoms with E-state index in [0.717, 1.165) is 36.2 Å². The molecule has 3 rings (SSSR count). The Hall–Kier alpha value is -3.41. The molecule has 0 saturated carbocycles. The third-order valence-electron chi connectivity index (χ3n) is 5.67.